The smallest absolute Gasteiger partial charge is 0.339 e. The molecule has 0 aliphatic rings. The summed E-state index contributed by atoms with van der Waals surface area (Å²) >= 11 is 0. The summed E-state index contributed by atoms with van der Waals surface area (Å²) in [5, 5.41) is 15.7. The Bertz CT molecular complexity index is 578. The number of anilines is 1. The summed E-state index contributed by atoms with van der Waals surface area (Å²) in [6, 6.07) is 4.97. The van der Waals surface area contributed by atoms with Gasteiger partial charge in [0.2, 0.25) is 0 Å². The van der Waals surface area contributed by atoms with E-state index in [0.717, 1.165) is 11.4 Å². The molecule has 0 saturated carbocycles. The van der Waals surface area contributed by atoms with Crippen LogP contribution in [0.4, 0.5) is 5.82 Å². The molecule has 0 unspecified atom stereocenters. The van der Waals surface area contributed by atoms with Gasteiger partial charge in [-0.2, -0.15) is 0 Å². The van der Waals surface area contributed by atoms with Crippen molar-refractivity contribution in [1.29, 1.82) is 0 Å². The molecule has 2 aromatic rings. The summed E-state index contributed by atoms with van der Waals surface area (Å²) in [4.78, 5) is 15.2. The molecule has 6 nitrogen and oxygen atoms in total. The van der Waals surface area contributed by atoms with Crippen molar-refractivity contribution in [2.75, 3.05) is 5.32 Å². The number of carboxylic acid groups (broad SMARTS) is 1. The van der Waals surface area contributed by atoms with Crippen LogP contribution in [0.3, 0.4) is 0 Å². The zero-order valence-electron chi connectivity index (χ0n) is 10.1. The number of nitrogens with one attached hydrogen (secondary N) is 1. The number of hydrogen-bond donors (Lipinski definition) is 2. The van der Waals surface area contributed by atoms with Gasteiger partial charge in [0.15, 0.2) is 5.76 Å². The van der Waals surface area contributed by atoms with Gasteiger partial charge in [-0.15, -0.1) is 0 Å². The average Bonchev–Trinajstić information content (AvgIpc) is 2.72. The monoisotopic (exact) mass is 247 g/mol. The van der Waals surface area contributed by atoms with Crippen LogP contribution in [0.15, 0.2) is 22.7 Å². The van der Waals surface area contributed by atoms with Crippen molar-refractivity contribution in [3.63, 3.8) is 0 Å². The molecule has 0 aromatic carbocycles. The Hall–Kier alpha value is -2.37. The summed E-state index contributed by atoms with van der Waals surface area (Å²) in [5.74, 6) is -0.0533. The Kier molecular flexibility index (Phi) is 3.27. The highest BCUT2D eigenvalue weighted by Crippen LogP contribution is 2.15. The van der Waals surface area contributed by atoms with E-state index in [-0.39, 0.29) is 5.56 Å². The molecule has 6 heteroatoms. The zero-order chi connectivity index (χ0) is 13.1. The number of aryl methyl sites for hydroxylation is 2. The first kappa shape index (κ1) is 12.1. The van der Waals surface area contributed by atoms with E-state index in [4.69, 9.17) is 9.63 Å². The van der Waals surface area contributed by atoms with Crippen molar-refractivity contribution in [1.82, 2.24) is 10.1 Å². The standard InChI is InChI=1S/C12H13N3O3/c1-7-3-4-10(12(16)17)11(14-7)13-6-9-5-8(2)15-18-9/h3-5H,6H2,1-2H3,(H,13,14)(H,16,17). The minimum Gasteiger partial charge on any atom is -0.478 e. The van der Waals surface area contributed by atoms with E-state index in [1.54, 1.807) is 19.1 Å². The van der Waals surface area contributed by atoms with E-state index in [0.29, 0.717) is 18.1 Å². The lowest BCUT2D eigenvalue weighted by atomic mass is 10.2. The minimum absolute atomic E-state index is 0.136. The predicted molar refractivity (Wildman–Crippen MR) is 64.5 cm³/mol. The molecule has 94 valence electrons. The predicted octanol–water partition coefficient (Wildman–Crippen LogP) is 2.00. The molecule has 2 rings (SSSR count). The number of pyridine rings is 1. The molecule has 2 heterocycles. The van der Waals surface area contributed by atoms with Gasteiger partial charge in [-0.3, -0.25) is 0 Å². The van der Waals surface area contributed by atoms with Gasteiger partial charge in [-0.25, -0.2) is 9.78 Å². The second kappa shape index (κ2) is 4.87. The van der Waals surface area contributed by atoms with Crippen molar-refractivity contribution in [2.45, 2.75) is 20.4 Å². The molecule has 2 aromatic heterocycles. The molecule has 0 spiro atoms. The summed E-state index contributed by atoms with van der Waals surface area (Å²) < 4.78 is 5.03. The highest BCUT2D eigenvalue weighted by atomic mass is 16.5. The summed E-state index contributed by atoms with van der Waals surface area (Å²) in [7, 11) is 0. The lowest BCUT2D eigenvalue weighted by Gasteiger charge is -2.07. The van der Waals surface area contributed by atoms with E-state index in [9.17, 15) is 4.79 Å². The first-order valence-electron chi connectivity index (χ1n) is 5.43. The van der Waals surface area contributed by atoms with Gasteiger partial charge in [-0.1, -0.05) is 5.16 Å². The first-order chi connectivity index (χ1) is 8.56. The molecule has 0 aliphatic heterocycles. The van der Waals surface area contributed by atoms with Gasteiger partial charge in [0, 0.05) is 11.8 Å². The third kappa shape index (κ3) is 2.65. The lowest BCUT2D eigenvalue weighted by Crippen LogP contribution is -2.08. The highest BCUT2D eigenvalue weighted by molar-refractivity contribution is 5.93. The van der Waals surface area contributed by atoms with Crippen LogP contribution in [0.2, 0.25) is 0 Å². The topological polar surface area (TPSA) is 88.2 Å². The van der Waals surface area contributed by atoms with Crippen LogP contribution in [0.5, 0.6) is 0 Å². The van der Waals surface area contributed by atoms with Crippen molar-refractivity contribution in [3.8, 4) is 0 Å². The van der Waals surface area contributed by atoms with Crippen LogP contribution in [-0.4, -0.2) is 21.2 Å². The second-order valence-corrected chi connectivity index (χ2v) is 3.94. The van der Waals surface area contributed by atoms with Crippen LogP contribution in [0.25, 0.3) is 0 Å². The van der Waals surface area contributed by atoms with Gasteiger partial charge < -0.3 is 14.9 Å². The van der Waals surface area contributed by atoms with Gasteiger partial charge in [0.05, 0.1) is 12.2 Å². The fourth-order valence-corrected chi connectivity index (χ4v) is 1.53. The molecular weight excluding hydrogens is 234 g/mol. The van der Waals surface area contributed by atoms with E-state index >= 15 is 0 Å². The molecule has 0 aliphatic carbocycles. The van der Waals surface area contributed by atoms with Crippen molar-refractivity contribution in [3.05, 3.63) is 40.9 Å². The molecule has 2 N–H and O–H groups in total. The van der Waals surface area contributed by atoms with Crippen LogP contribution < -0.4 is 5.32 Å². The summed E-state index contributed by atoms with van der Waals surface area (Å²) in [5.41, 5.74) is 1.66. The Balaban J connectivity index is 2.17. The Morgan fingerprint density at radius 2 is 2.17 bits per heavy atom. The molecule has 0 saturated heterocycles. The third-order valence-corrected chi connectivity index (χ3v) is 2.37. The molecule has 0 radical (unpaired) electrons. The Labute approximate surface area is 104 Å². The SMILES string of the molecule is Cc1cc(CNc2nc(C)ccc2C(=O)O)on1. The highest BCUT2D eigenvalue weighted by Gasteiger charge is 2.12. The van der Waals surface area contributed by atoms with E-state index < -0.39 is 5.97 Å². The largest absolute Gasteiger partial charge is 0.478 e. The van der Waals surface area contributed by atoms with E-state index in [2.05, 4.69) is 15.5 Å². The Morgan fingerprint density at radius 3 is 2.78 bits per heavy atom. The summed E-state index contributed by atoms with van der Waals surface area (Å²) in [6.07, 6.45) is 0. The normalized spacial score (nSPS) is 10.3. The fraction of sp³-hybridized carbons (Fsp3) is 0.250. The maximum Gasteiger partial charge on any atom is 0.339 e. The zero-order valence-corrected chi connectivity index (χ0v) is 10.1. The van der Waals surface area contributed by atoms with Crippen LogP contribution >= 0.6 is 0 Å². The molecule has 0 fully saturated rings. The Morgan fingerprint density at radius 1 is 1.39 bits per heavy atom. The molecule has 0 amide bonds. The van der Waals surface area contributed by atoms with Gasteiger partial charge >= 0.3 is 5.97 Å². The molecule has 0 atom stereocenters. The molecule has 0 bridgehead atoms. The number of nitrogens with zero attached hydrogens (tertiary/aromatic N) is 2. The van der Waals surface area contributed by atoms with E-state index in [1.165, 1.54) is 6.07 Å². The van der Waals surface area contributed by atoms with Gasteiger partial charge in [-0.05, 0) is 26.0 Å². The van der Waals surface area contributed by atoms with Crippen molar-refractivity contribution in [2.24, 2.45) is 0 Å². The number of rotatable bonds is 4. The number of carbonyl (C=O) groups is 1. The molecular formula is C12H13N3O3. The van der Waals surface area contributed by atoms with Crippen LogP contribution in [-0.2, 0) is 6.54 Å². The molecule has 18 heavy (non-hydrogen) atoms. The fourth-order valence-electron chi connectivity index (χ4n) is 1.53. The second-order valence-electron chi connectivity index (χ2n) is 3.94. The third-order valence-electron chi connectivity index (χ3n) is 2.37. The van der Waals surface area contributed by atoms with Crippen molar-refractivity contribution < 1.29 is 14.4 Å². The van der Waals surface area contributed by atoms with Gasteiger partial charge in [0.1, 0.15) is 11.4 Å². The number of aromatic carboxylic acids is 1. The quantitative estimate of drug-likeness (QED) is 0.859. The summed E-state index contributed by atoms with van der Waals surface area (Å²) in [6.45, 7) is 3.97. The first-order valence-corrected chi connectivity index (χ1v) is 5.43. The van der Waals surface area contributed by atoms with E-state index in [1.807, 2.05) is 6.92 Å². The number of carboxylic acids is 1. The van der Waals surface area contributed by atoms with Crippen molar-refractivity contribution >= 4 is 11.8 Å². The average molecular weight is 247 g/mol. The number of hydrogen-bond acceptors (Lipinski definition) is 5. The number of aromatic nitrogens is 2. The maximum atomic E-state index is 11.0. The minimum atomic E-state index is -1.02. The van der Waals surface area contributed by atoms with Crippen LogP contribution in [0.1, 0.15) is 27.5 Å². The maximum absolute atomic E-state index is 11.0. The van der Waals surface area contributed by atoms with Crippen LogP contribution in [0, 0.1) is 13.8 Å². The lowest BCUT2D eigenvalue weighted by molar-refractivity contribution is 0.0697. The van der Waals surface area contributed by atoms with Gasteiger partial charge in [0.25, 0.3) is 0 Å².